The SMILES string of the molecule is [2H]c1cc(N(Cc2cccc(N)c2)C(=O)OC(C)(C)C)n2ncc(C(C)C)c2n1. The molecule has 0 aliphatic heterocycles. The monoisotopic (exact) mass is 382 g/mol. The molecule has 148 valence electrons. The number of nitrogens with zero attached hydrogens (tertiary/aromatic N) is 4. The molecular formula is C21H27N5O2. The topological polar surface area (TPSA) is 85.8 Å². The highest BCUT2D eigenvalue weighted by Crippen LogP contribution is 2.25. The zero-order valence-electron chi connectivity index (χ0n) is 17.9. The Morgan fingerprint density at radius 2 is 2.11 bits per heavy atom. The molecule has 1 aromatic carbocycles. The Labute approximate surface area is 166 Å². The Morgan fingerprint density at radius 3 is 2.75 bits per heavy atom. The summed E-state index contributed by atoms with van der Waals surface area (Å²) in [6, 6.07) is 8.83. The molecule has 7 nitrogen and oxygen atoms in total. The van der Waals surface area contributed by atoms with Gasteiger partial charge in [-0.3, -0.25) is 4.90 Å². The highest BCUT2D eigenvalue weighted by molar-refractivity contribution is 5.87. The fourth-order valence-corrected chi connectivity index (χ4v) is 2.88. The van der Waals surface area contributed by atoms with Crippen LogP contribution in [0.5, 0.6) is 0 Å². The quantitative estimate of drug-likeness (QED) is 0.677. The first kappa shape index (κ1) is 18.3. The largest absolute Gasteiger partial charge is 0.443 e. The van der Waals surface area contributed by atoms with E-state index in [9.17, 15) is 4.79 Å². The predicted molar refractivity (Wildman–Crippen MR) is 110 cm³/mol. The van der Waals surface area contributed by atoms with E-state index < -0.39 is 11.7 Å². The average Bonchev–Trinajstić information content (AvgIpc) is 3.01. The first-order chi connectivity index (χ1) is 13.5. The minimum atomic E-state index is -0.672. The Kier molecular flexibility index (Phi) is 4.90. The number of hydrogen-bond acceptors (Lipinski definition) is 5. The maximum atomic E-state index is 13.1. The van der Waals surface area contributed by atoms with Gasteiger partial charge in [-0.25, -0.2) is 9.78 Å². The number of amides is 1. The van der Waals surface area contributed by atoms with E-state index in [1.807, 2.05) is 46.8 Å². The molecule has 2 N–H and O–H groups in total. The van der Waals surface area contributed by atoms with Crippen molar-refractivity contribution in [1.82, 2.24) is 14.6 Å². The van der Waals surface area contributed by atoms with Crippen LogP contribution in [0.15, 0.2) is 42.7 Å². The van der Waals surface area contributed by atoms with Crippen molar-refractivity contribution in [3.8, 4) is 0 Å². The van der Waals surface area contributed by atoms with Crippen molar-refractivity contribution in [2.24, 2.45) is 0 Å². The molecular weight excluding hydrogens is 354 g/mol. The summed E-state index contributed by atoms with van der Waals surface area (Å²) >= 11 is 0. The van der Waals surface area contributed by atoms with Gasteiger partial charge in [-0.2, -0.15) is 9.61 Å². The van der Waals surface area contributed by atoms with E-state index in [0.717, 1.165) is 11.1 Å². The van der Waals surface area contributed by atoms with Crippen LogP contribution in [0.2, 0.25) is 0 Å². The fraction of sp³-hybridized carbons (Fsp3) is 0.381. The lowest BCUT2D eigenvalue weighted by molar-refractivity contribution is 0.0575. The van der Waals surface area contributed by atoms with Gasteiger partial charge in [0.15, 0.2) is 5.65 Å². The Hall–Kier alpha value is -3.09. The van der Waals surface area contributed by atoms with Gasteiger partial charge in [-0.1, -0.05) is 26.0 Å². The molecule has 0 aliphatic carbocycles. The maximum Gasteiger partial charge on any atom is 0.416 e. The molecule has 0 saturated heterocycles. The zero-order chi connectivity index (χ0) is 21.3. The summed E-state index contributed by atoms with van der Waals surface area (Å²) < 4.78 is 15.4. The number of fused-ring (bicyclic) bond motifs is 1. The van der Waals surface area contributed by atoms with Crippen molar-refractivity contribution in [2.45, 2.75) is 52.7 Å². The van der Waals surface area contributed by atoms with E-state index in [-0.39, 0.29) is 18.6 Å². The summed E-state index contributed by atoms with van der Waals surface area (Å²) in [5.41, 5.74) is 8.15. The van der Waals surface area contributed by atoms with Crippen molar-refractivity contribution in [3.63, 3.8) is 0 Å². The number of ether oxygens (including phenoxy) is 1. The first-order valence-corrected chi connectivity index (χ1v) is 9.25. The number of rotatable bonds is 4. The summed E-state index contributed by atoms with van der Waals surface area (Å²) in [5, 5.41) is 4.44. The van der Waals surface area contributed by atoms with Crippen molar-refractivity contribution in [3.05, 3.63) is 53.8 Å². The van der Waals surface area contributed by atoms with Crippen LogP contribution in [0.3, 0.4) is 0 Å². The molecule has 0 fully saturated rings. The lowest BCUT2D eigenvalue weighted by Crippen LogP contribution is -2.37. The van der Waals surface area contributed by atoms with Crippen molar-refractivity contribution < 1.29 is 10.9 Å². The molecule has 3 rings (SSSR count). The highest BCUT2D eigenvalue weighted by atomic mass is 16.6. The molecule has 0 spiro atoms. The van der Waals surface area contributed by atoms with Gasteiger partial charge in [0.2, 0.25) is 0 Å². The minimum Gasteiger partial charge on any atom is -0.443 e. The summed E-state index contributed by atoms with van der Waals surface area (Å²) in [4.78, 5) is 18.9. The van der Waals surface area contributed by atoms with Gasteiger partial charge >= 0.3 is 6.09 Å². The molecule has 3 aromatic rings. The molecule has 0 atom stereocenters. The number of nitrogens with two attached hydrogens (primary N) is 1. The van der Waals surface area contributed by atoms with Crippen LogP contribution < -0.4 is 10.6 Å². The molecule has 7 heteroatoms. The third-order valence-electron chi connectivity index (χ3n) is 4.16. The lowest BCUT2D eigenvalue weighted by Gasteiger charge is -2.27. The lowest BCUT2D eigenvalue weighted by atomic mass is 10.1. The molecule has 1 amide bonds. The van der Waals surface area contributed by atoms with Gasteiger partial charge in [0, 0.05) is 17.4 Å². The first-order valence-electron chi connectivity index (χ1n) is 9.75. The molecule has 0 radical (unpaired) electrons. The zero-order valence-corrected chi connectivity index (χ0v) is 16.9. The molecule has 2 heterocycles. The Balaban J connectivity index is 2.14. The van der Waals surface area contributed by atoms with Crippen molar-refractivity contribution in [1.29, 1.82) is 0 Å². The molecule has 2 aromatic heterocycles. The van der Waals surface area contributed by atoms with Gasteiger partial charge in [0.25, 0.3) is 0 Å². The van der Waals surface area contributed by atoms with Crippen LogP contribution in [-0.2, 0) is 11.3 Å². The van der Waals surface area contributed by atoms with Gasteiger partial charge in [-0.15, -0.1) is 0 Å². The highest BCUT2D eigenvalue weighted by Gasteiger charge is 2.26. The summed E-state index contributed by atoms with van der Waals surface area (Å²) in [6.45, 7) is 9.72. The number of hydrogen-bond donors (Lipinski definition) is 1. The maximum absolute atomic E-state index is 13.1. The van der Waals surface area contributed by atoms with Gasteiger partial charge in [-0.05, 0) is 50.5 Å². The molecule has 0 unspecified atom stereocenters. The van der Waals surface area contributed by atoms with Crippen LogP contribution in [0.4, 0.5) is 16.3 Å². The minimum absolute atomic E-state index is 0.0519. The summed E-state index contributed by atoms with van der Waals surface area (Å²) in [5.74, 6) is 0.599. The Bertz CT molecular complexity index is 1040. The average molecular weight is 382 g/mol. The number of aromatic nitrogens is 3. The summed E-state index contributed by atoms with van der Waals surface area (Å²) in [6.07, 6.45) is 1.24. The fourth-order valence-electron chi connectivity index (χ4n) is 2.88. The van der Waals surface area contributed by atoms with Gasteiger partial charge in [0.05, 0.1) is 14.1 Å². The summed E-state index contributed by atoms with van der Waals surface area (Å²) in [7, 11) is 0. The van der Waals surface area contributed by atoms with Crippen LogP contribution in [-0.4, -0.2) is 26.3 Å². The third-order valence-corrected chi connectivity index (χ3v) is 4.16. The second-order valence-electron chi connectivity index (χ2n) is 8.04. The second kappa shape index (κ2) is 7.50. The predicted octanol–water partition coefficient (Wildman–Crippen LogP) is 4.38. The normalized spacial score (nSPS) is 12.3. The van der Waals surface area contributed by atoms with Crippen molar-refractivity contribution in [2.75, 3.05) is 10.6 Å². The van der Waals surface area contributed by atoms with E-state index in [0.29, 0.717) is 17.2 Å². The molecule has 0 bridgehead atoms. The van der Waals surface area contributed by atoms with Crippen LogP contribution in [0.25, 0.3) is 5.65 Å². The number of carbonyl (C=O) groups excluding carboxylic acids is 1. The number of carbonyl (C=O) groups is 1. The number of anilines is 2. The van der Waals surface area contributed by atoms with E-state index in [1.165, 1.54) is 11.0 Å². The molecule has 0 saturated carbocycles. The van der Waals surface area contributed by atoms with Crippen LogP contribution in [0, 0.1) is 0 Å². The van der Waals surface area contributed by atoms with Crippen LogP contribution in [0.1, 0.15) is 53.0 Å². The standard InChI is InChI=1S/C21H27N5O2/c1-14(2)17-12-24-26-18(9-10-23-19(17)26)25(20(27)28-21(3,4)5)13-15-7-6-8-16(22)11-15/h6-12,14H,13,22H2,1-5H3/i10D. The number of nitrogen functional groups attached to an aromatic ring is 1. The van der Waals surface area contributed by atoms with E-state index in [1.54, 1.807) is 22.8 Å². The van der Waals surface area contributed by atoms with Gasteiger partial charge < -0.3 is 10.5 Å². The molecule has 28 heavy (non-hydrogen) atoms. The van der Waals surface area contributed by atoms with E-state index in [2.05, 4.69) is 10.1 Å². The third kappa shape index (κ3) is 4.24. The number of benzene rings is 1. The molecule has 0 aliphatic rings. The smallest absolute Gasteiger partial charge is 0.416 e. The van der Waals surface area contributed by atoms with E-state index in [4.69, 9.17) is 11.8 Å². The van der Waals surface area contributed by atoms with E-state index >= 15 is 0 Å². The second-order valence-corrected chi connectivity index (χ2v) is 8.04. The van der Waals surface area contributed by atoms with Gasteiger partial charge in [0.1, 0.15) is 11.4 Å². The van der Waals surface area contributed by atoms with Crippen LogP contribution >= 0.6 is 0 Å². The Morgan fingerprint density at radius 1 is 1.36 bits per heavy atom. The van der Waals surface area contributed by atoms with Crippen molar-refractivity contribution >= 4 is 23.2 Å².